The standard InChI is InChI=1S/C6H9ClN2O/c1-2-9-6(7)3-5(4-10)8-9/h3,10H,2,4H2,1H3. The van der Waals surface area contributed by atoms with Gasteiger partial charge >= 0.3 is 0 Å². The largest absolute Gasteiger partial charge is 0.390 e. The lowest BCUT2D eigenvalue weighted by molar-refractivity contribution is 0.275. The summed E-state index contributed by atoms with van der Waals surface area (Å²) in [6.45, 7) is 2.63. The Bertz CT molecular complexity index is 222. The van der Waals surface area contributed by atoms with Crippen LogP contribution in [0.25, 0.3) is 0 Å². The molecule has 1 aromatic heterocycles. The molecule has 0 atom stereocenters. The summed E-state index contributed by atoms with van der Waals surface area (Å²) >= 11 is 5.71. The highest BCUT2D eigenvalue weighted by molar-refractivity contribution is 6.29. The van der Waals surface area contributed by atoms with E-state index in [0.29, 0.717) is 10.8 Å². The zero-order chi connectivity index (χ0) is 7.56. The van der Waals surface area contributed by atoms with Gasteiger partial charge in [-0.05, 0) is 6.92 Å². The number of aliphatic hydroxyl groups excluding tert-OH is 1. The summed E-state index contributed by atoms with van der Waals surface area (Å²) in [5.41, 5.74) is 0.617. The Morgan fingerprint density at radius 3 is 2.80 bits per heavy atom. The van der Waals surface area contributed by atoms with Gasteiger partial charge in [0.2, 0.25) is 0 Å². The van der Waals surface area contributed by atoms with Crippen LogP contribution in [-0.2, 0) is 13.2 Å². The normalized spacial score (nSPS) is 10.3. The summed E-state index contributed by atoms with van der Waals surface area (Å²) in [5, 5.41) is 13.2. The Kier molecular flexibility index (Phi) is 2.29. The van der Waals surface area contributed by atoms with Crippen LogP contribution in [0, 0.1) is 0 Å². The number of hydrogen-bond donors (Lipinski definition) is 1. The number of aromatic nitrogens is 2. The second-order valence-corrected chi connectivity index (χ2v) is 2.32. The predicted molar refractivity (Wildman–Crippen MR) is 38.8 cm³/mol. The van der Waals surface area contributed by atoms with Crippen LogP contribution in [0.4, 0.5) is 0 Å². The van der Waals surface area contributed by atoms with E-state index in [1.165, 1.54) is 0 Å². The highest BCUT2D eigenvalue weighted by Crippen LogP contribution is 2.09. The second kappa shape index (κ2) is 3.03. The Morgan fingerprint density at radius 2 is 2.50 bits per heavy atom. The third-order valence-corrected chi connectivity index (χ3v) is 1.55. The maximum atomic E-state index is 8.64. The van der Waals surface area contributed by atoms with Crippen LogP contribution in [0.15, 0.2) is 6.07 Å². The van der Waals surface area contributed by atoms with E-state index < -0.39 is 0 Å². The minimum atomic E-state index is -0.0489. The fourth-order valence-electron chi connectivity index (χ4n) is 0.743. The van der Waals surface area contributed by atoms with Crippen molar-refractivity contribution in [1.82, 2.24) is 9.78 Å². The van der Waals surface area contributed by atoms with Gasteiger partial charge in [0.25, 0.3) is 0 Å². The van der Waals surface area contributed by atoms with E-state index in [9.17, 15) is 0 Å². The van der Waals surface area contributed by atoms with E-state index in [1.807, 2.05) is 6.92 Å². The molecule has 1 aromatic rings. The number of rotatable bonds is 2. The molecule has 0 saturated carbocycles. The quantitative estimate of drug-likeness (QED) is 0.703. The van der Waals surface area contributed by atoms with Gasteiger partial charge in [0.1, 0.15) is 5.15 Å². The second-order valence-electron chi connectivity index (χ2n) is 1.93. The third-order valence-electron chi connectivity index (χ3n) is 1.24. The molecule has 3 nitrogen and oxygen atoms in total. The maximum Gasteiger partial charge on any atom is 0.127 e. The average molecular weight is 161 g/mol. The van der Waals surface area contributed by atoms with E-state index in [2.05, 4.69) is 5.10 Å². The first-order chi connectivity index (χ1) is 4.77. The fourth-order valence-corrected chi connectivity index (χ4v) is 1.03. The number of halogens is 1. The van der Waals surface area contributed by atoms with E-state index in [1.54, 1.807) is 10.7 Å². The zero-order valence-electron chi connectivity index (χ0n) is 5.71. The van der Waals surface area contributed by atoms with Gasteiger partial charge in [0, 0.05) is 12.6 Å². The zero-order valence-corrected chi connectivity index (χ0v) is 6.47. The minimum absolute atomic E-state index is 0.0489. The van der Waals surface area contributed by atoms with Crippen LogP contribution in [0.5, 0.6) is 0 Å². The van der Waals surface area contributed by atoms with Crippen molar-refractivity contribution >= 4 is 11.6 Å². The molecule has 0 bridgehead atoms. The van der Waals surface area contributed by atoms with Crippen molar-refractivity contribution in [2.45, 2.75) is 20.1 Å². The molecule has 1 rings (SSSR count). The molecule has 0 aliphatic rings. The topological polar surface area (TPSA) is 38.0 Å². The van der Waals surface area contributed by atoms with Crippen molar-refractivity contribution in [3.63, 3.8) is 0 Å². The molecule has 1 N–H and O–H groups in total. The first-order valence-electron chi connectivity index (χ1n) is 3.11. The molecule has 0 aromatic carbocycles. The Morgan fingerprint density at radius 1 is 1.80 bits per heavy atom. The highest BCUT2D eigenvalue weighted by Gasteiger charge is 2.01. The maximum absolute atomic E-state index is 8.64. The van der Waals surface area contributed by atoms with Gasteiger partial charge in [0.15, 0.2) is 0 Å². The number of hydrogen-bond acceptors (Lipinski definition) is 2. The van der Waals surface area contributed by atoms with Crippen molar-refractivity contribution in [1.29, 1.82) is 0 Å². The molecule has 0 fully saturated rings. The number of nitrogens with zero attached hydrogens (tertiary/aromatic N) is 2. The van der Waals surface area contributed by atoms with Crippen molar-refractivity contribution in [2.24, 2.45) is 0 Å². The molecule has 0 aliphatic heterocycles. The molecule has 0 radical (unpaired) electrons. The summed E-state index contributed by atoms with van der Waals surface area (Å²) in [6.07, 6.45) is 0. The molecule has 0 aliphatic carbocycles. The molecule has 0 unspecified atom stereocenters. The summed E-state index contributed by atoms with van der Waals surface area (Å²) in [5.74, 6) is 0. The van der Waals surface area contributed by atoms with Gasteiger partial charge in [0.05, 0.1) is 12.3 Å². The molecule has 56 valence electrons. The number of aliphatic hydroxyl groups is 1. The lowest BCUT2D eigenvalue weighted by atomic mass is 10.5. The van der Waals surface area contributed by atoms with Crippen LogP contribution < -0.4 is 0 Å². The molecule has 10 heavy (non-hydrogen) atoms. The van der Waals surface area contributed by atoms with Crippen molar-refractivity contribution in [2.75, 3.05) is 0 Å². The minimum Gasteiger partial charge on any atom is -0.390 e. The third kappa shape index (κ3) is 1.30. The van der Waals surface area contributed by atoms with Crippen molar-refractivity contribution in [3.8, 4) is 0 Å². The van der Waals surface area contributed by atoms with Crippen LogP contribution in [0.2, 0.25) is 5.15 Å². The average Bonchev–Trinajstić information content (AvgIpc) is 2.30. The van der Waals surface area contributed by atoms with Crippen molar-refractivity contribution < 1.29 is 5.11 Å². The first-order valence-corrected chi connectivity index (χ1v) is 3.48. The Balaban J connectivity index is 2.92. The smallest absolute Gasteiger partial charge is 0.127 e. The molecule has 0 spiro atoms. The predicted octanol–water partition coefficient (Wildman–Crippen LogP) is 1.05. The highest BCUT2D eigenvalue weighted by atomic mass is 35.5. The van der Waals surface area contributed by atoms with Crippen molar-refractivity contribution in [3.05, 3.63) is 16.9 Å². The van der Waals surface area contributed by atoms with Gasteiger partial charge in [-0.3, -0.25) is 4.68 Å². The molecular weight excluding hydrogens is 152 g/mol. The lowest BCUT2D eigenvalue weighted by Crippen LogP contribution is -1.96. The summed E-state index contributed by atoms with van der Waals surface area (Å²) < 4.78 is 1.63. The van der Waals surface area contributed by atoms with E-state index in [4.69, 9.17) is 16.7 Å². The Hall–Kier alpha value is -0.540. The molecule has 0 saturated heterocycles. The van der Waals surface area contributed by atoms with Crippen LogP contribution in [-0.4, -0.2) is 14.9 Å². The lowest BCUT2D eigenvalue weighted by Gasteiger charge is -1.93. The van der Waals surface area contributed by atoms with Gasteiger partial charge in [-0.25, -0.2) is 0 Å². The summed E-state index contributed by atoms with van der Waals surface area (Å²) in [4.78, 5) is 0. The molecular formula is C6H9ClN2O. The molecule has 0 amide bonds. The van der Waals surface area contributed by atoms with Gasteiger partial charge < -0.3 is 5.11 Å². The van der Waals surface area contributed by atoms with E-state index >= 15 is 0 Å². The molecule has 1 heterocycles. The fraction of sp³-hybridized carbons (Fsp3) is 0.500. The van der Waals surface area contributed by atoms with Gasteiger partial charge in [-0.15, -0.1) is 0 Å². The first kappa shape index (κ1) is 7.57. The van der Waals surface area contributed by atoms with Gasteiger partial charge in [-0.2, -0.15) is 5.10 Å². The SMILES string of the molecule is CCn1nc(CO)cc1Cl. The number of aryl methyl sites for hydroxylation is 1. The van der Waals surface area contributed by atoms with Crippen LogP contribution in [0.3, 0.4) is 0 Å². The van der Waals surface area contributed by atoms with E-state index in [-0.39, 0.29) is 6.61 Å². The monoisotopic (exact) mass is 160 g/mol. The summed E-state index contributed by atoms with van der Waals surface area (Å²) in [6, 6.07) is 1.66. The van der Waals surface area contributed by atoms with E-state index in [0.717, 1.165) is 6.54 Å². The Labute approximate surface area is 64.2 Å². The van der Waals surface area contributed by atoms with Crippen LogP contribution >= 0.6 is 11.6 Å². The van der Waals surface area contributed by atoms with Gasteiger partial charge in [-0.1, -0.05) is 11.6 Å². The molecule has 4 heteroatoms. The summed E-state index contributed by atoms with van der Waals surface area (Å²) in [7, 11) is 0. The van der Waals surface area contributed by atoms with Crippen LogP contribution in [0.1, 0.15) is 12.6 Å².